The van der Waals surface area contributed by atoms with Gasteiger partial charge < -0.3 is 14.5 Å². The number of hydrogen-bond donors (Lipinski definition) is 0. The molecule has 5 nitrogen and oxygen atoms in total. The highest BCUT2D eigenvalue weighted by molar-refractivity contribution is 7.08. The molecule has 6 heteroatoms. The van der Waals surface area contributed by atoms with Gasteiger partial charge in [0.15, 0.2) is 0 Å². The van der Waals surface area contributed by atoms with Gasteiger partial charge in [-0.3, -0.25) is 9.59 Å². The lowest BCUT2D eigenvalue weighted by Crippen LogP contribution is -2.48. The first-order valence-corrected chi connectivity index (χ1v) is 12.3. The molecule has 3 aromatic rings. The van der Waals surface area contributed by atoms with Crippen LogP contribution in [0.2, 0.25) is 0 Å². The molecule has 4 rings (SSSR count). The molecule has 2 heterocycles. The maximum absolute atomic E-state index is 13.2. The number of rotatable bonds is 7. The summed E-state index contributed by atoms with van der Waals surface area (Å²) >= 11 is 1.54. The van der Waals surface area contributed by atoms with Crippen LogP contribution in [-0.4, -0.2) is 54.9 Å². The minimum absolute atomic E-state index is 0.00761. The normalized spacial score (nSPS) is 15.2. The Balaban J connectivity index is 1.49. The summed E-state index contributed by atoms with van der Waals surface area (Å²) in [5.41, 5.74) is 2.56. The molecule has 0 aliphatic carbocycles. The van der Waals surface area contributed by atoms with E-state index in [9.17, 15) is 9.59 Å². The van der Waals surface area contributed by atoms with E-state index < -0.39 is 0 Å². The largest absolute Gasteiger partial charge is 0.496 e. The van der Waals surface area contributed by atoms with Crippen molar-refractivity contribution < 1.29 is 14.3 Å². The summed E-state index contributed by atoms with van der Waals surface area (Å²) in [6.07, 6.45) is 2.53. The maximum Gasteiger partial charge on any atom is 0.257 e. The quantitative estimate of drug-likeness (QED) is 0.497. The van der Waals surface area contributed by atoms with Crippen LogP contribution >= 0.6 is 11.3 Å². The molecule has 1 fully saturated rings. The summed E-state index contributed by atoms with van der Waals surface area (Å²) in [6, 6.07) is 19.7. The van der Waals surface area contributed by atoms with Gasteiger partial charge in [-0.2, -0.15) is 11.3 Å². The van der Waals surface area contributed by atoms with Crippen LogP contribution in [0.3, 0.4) is 0 Å². The Morgan fingerprint density at radius 2 is 1.76 bits per heavy atom. The lowest BCUT2D eigenvalue weighted by Gasteiger charge is -2.40. The third kappa shape index (κ3) is 5.28. The van der Waals surface area contributed by atoms with Crippen molar-refractivity contribution in [3.05, 3.63) is 88.1 Å². The van der Waals surface area contributed by atoms with Gasteiger partial charge in [-0.1, -0.05) is 42.5 Å². The van der Waals surface area contributed by atoms with Crippen molar-refractivity contribution in [3.8, 4) is 5.75 Å². The Hall–Kier alpha value is -3.12. The Morgan fingerprint density at radius 1 is 1.06 bits per heavy atom. The zero-order valence-electron chi connectivity index (χ0n) is 19.1. The number of hydrogen-bond acceptors (Lipinski definition) is 4. The van der Waals surface area contributed by atoms with Crippen LogP contribution in [0.1, 0.15) is 39.1 Å². The molecule has 33 heavy (non-hydrogen) atoms. The summed E-state index contributed by atoms with van der Waals surface area (Å²) in [5, 5.41) is 3.85. The smallest absolute Gasteiger partial charge is 0.257 e. The number of likely N-dealkylation sites (N-methyl/N-ethyl adjacent to an activating group) is 1. The van der Waals surface area contributed by atoms with Crippen LogP contribution in [0, 0.1) is 5.92 Å². The highest BCUT2D eigenvalue weighted by Gasteiger charge is 2.33. The summed E-state index contributed by atoms with van der Waals surface area (Å²) in [6.45, 7) is 1.35. The van der Waals surface area contributed by atoms with E-state index in [4.69, 9.17) is 4.74 Å². The first kappa shape index (κ1) is 23.1. The highest BCUT2D eigenvalue weighted by Crippen LogP contribution is 2.29. The minimum Gasteiger partial charge on any atom is -0.496 e. The van der Waals surface area contributed by atoms with Crippen LogP contribution in [0.5, 0.6) is 5.75 Å². The third-order valence-corrected chi connectivity index (χ3v) is 7.27. The summed E-state index contributed by atoms with van der Waals surface area (Å²) < 4.78 is 5.39. The van der Waals surface area contributed by atoms with Crippen LogP contribution in [0.4, 0.5) is 0 Å². The molecule has 0 bridgehead atoms. The fraction of sp³-hybridized carbons (Fsp3) is 0.333. The lowest BCUT2D eigenvalue weighted by molar-refractivity contribution is 0.0521. The number of benzene rings is 2. The molecule has 2 amide bonds. The van der Waals surface area contributed by atoms with Crippen molar-refractivity contribution in [2.75, 3.05) is 27.2 Å². The first-order valence-electron chi connectivity index (χ1n) is 11.3. The van der Waals surface area contributed by atoms with Gasteiger partial charge in [-0.05, 0) is 54.3 Å². The Labute approximate surface area is 199 Å². The van der Waals surface area contributed by atoms with Gasteiger partial charge in [-0.25, -0.2) is 0 Å². The minimum atomic E-state index is 0.00761. The maximum atomic E-state index is 13.2. The van der Waals surface area contributed by atoms with Gasteiger partial charge in [0.25, 0.3) is 11.8 Å². The molecule has 1 aromatic heterocycles. The van der Waals surface area contributed by atoms with Crippen molar-refractivity contribution in [3.63, 3.8) is 0 Å². The first-order chi connectivity index (χ1) is 16.1. The van der Waals surface area contributed by atoms with E-state index >= 15 is 0 Å². The van der Waals surface area contributed by atoms with Crippen LogP contribution in [0.25, 0.3) is 0 Å². The molecule has 2 aromatic carbocycles. The van der Waals surface area contributed by atoms with E-state index in [1.54, 1.807) is 7.11 Å². The number of nitrogens with zero attached hydrogens (tertiary/aromatic N) is 2. The average Bonchev–Trinajstić information content (AvgIpc) is 3.42. The van der Waals surface area contributed by atoms with E-state index in [-0.39, 0.29) is 17.9 Å². The second-order valence-electron chi connectivity index (χ2n) is 8.52. The van der Waals surface area contributed by atoms with Gasteiger partial charge in [0.05, 0.1) is 18.2 Å². The highest BCUT2D eigenvalue weighted by atomic mass is 32.1. The van der Waals surface area contributed by atoms with Gasteiger partial charge in [0.1, 0.15) is 5.75 Å². The number of piperidine rings is 1. The van der Waals surface area contributed by atoms with Crippen LogP contribution in [0.15, 0.2) is 71.4 Å². The molecule has 1 aliphatic rings. The molecule has 0 spiro atoms. The number of para-hydroxylation sites is 1. The van der Waals surface area contributed by atoms with E-state index in [1.165, 1.54) is 16.9 Å². The predicted molar refractivity (Wildman–Crippen MR) is 132 cm³/mol. The van der Waals surface area contributed by atoms with Crippen LogP contribution < -0.4 is 4.74 Å². The van der Waals surface area contributed by atoms with Gasteiger partial charge >= 0.3 is 0 Å². The number of carbonyl (C=O) groups excluding carboxylic acids is 2. The molecule has 0 N–H and O–H groups in total. The molecule has 1 unspecified atom stereocenters. The predicted octanol–water partition coefficient (Wildman–Crippen LogP) is 4.99. The fourth-order valence-corrected chi connectivity index (χ4v) is 5.32. The molecule has 172 valence electrons. The Bertz CT molecular complexity index is 1060. The summed E-state index contributed by atoms with van der Waals surface area (Å²) in [7, 11) is 3.51. The van der Waals surface area contributed by atoms with E-state index in [1.807, 2.05) is 76.1 Å². The van der Waals surface area contributed by atoms with Gasteiger partial charge in [0, 0.05) is 31.6 Å². The zero-order valence-corrected chi connectivity index (χ0v) is 20.0. The molecule has 0 radical (unpaired) electrons. The van der Waals surface area contributed by atoms with Gasteiger partial charge in [-0.15, -0.1) is 0 Å². The SMILES string of the molecule is COc1ccccc1C(=O)N1CCC(C(Cc2ccccc2)N(C)C(=O)c2ccsc2)CC1. The van der Waals surface area contributed by atoms with E-state index in [2.05, 4.69) is 12.1 Å². The number of thiophene rings is 1. The Morgan fingerprint density at radius 3 is 2.42 bits per heavy atom. The van der Waals surface area contributed by atoms with E-state index in [0.717, 1.165) is 24.8 Å². The van der Waals surface area contributed by atoms with Crippen molar-refractivity contribution in [2.45, 2.75) is 25.3 Å². The topological polar surface area (TPSA) is 49.9 Å². The summed E-state index contributed by atoms with van der Waals surface area (Å²) in [5.74, 6) is 0.991. The molecule has 1 aliphatic heterocycles. The number of ether oxygens (including phenoxy) is 1. The van der Waals surface area contributed by atoms with Crippen molar-refractivity contribution >= 4 is 23.2 Å². The number of carbonyl (C=O) groups is 2. The Kier molecular flexibility index (Phi) is 7.45. The van der Waals surface area contributed by atoms with Crippen molar-refractivity contribution in [2.24, 2.45) is 5.92 Å². The molecule has 1 atom stereocenters. The average molecular weight is 463 g/mol. The number of likely N-dealkylation sites (tertiary alicyclic amines) is 1. The molecule has 0 saturated carbocycles. The molecular weight excluding hydrogens is 432 g/mol. The molecule has 1 saturated heterocycles. The fourth-order valence-electron chi connectivity index (χ4n) is 4.69. The van der Waals surface area contributed by atoms with Crippen molar-refractivity contribution in [1.82, 2.24) is 9.80 Å². The number of amides is 2. The van der Waals surface area contributed by atoms with Crippen molar-refractivity contribution in [1.29, 1.82) is 0 Å². The number of methoxy groups -OCH3 is 1. The third-order valence-electron chi connectivity index (χ3n) is 6.58. The molecular formula is C27H30N2O3S. The second kappa shape index (κ2) is 10.7. The zero-order chi connectivity index (χ0) is 23.2. The van der Waals surface area contributed by atoms with E-state index in [0.29, 0.717) is 30.3 Å². The lowest BCUT2D eigenvalue weighted by atomic mass is 9.84. The second-order valence-corrected chi connectivity index (χ2v) is 9.30. The summed E-state index contributed by atoms with van der Waals surface area (Å²) in [4.78, 5) is 30.1. The van der Waals surface area contributed by atoms with Crippen LogP contribution in [-0.2, 0) is 6.42 Å². The monoisotopic (exact) mass is 462 g/mol. The van der Waals surface area contributed by atoms with Gasteiger partial charge in [0.2, 0.25) is 0 Å². The standard InChI is InChI=1S/C27H30N2O3S/c1-28(26(30)22-14-17-33-19-22)24(18-20-8-4-3-5-9-20)21-12-15-29(16-13-21)27(31)23-10-6-7-11-25(23)32-2/h3-11,14,17,19,21,24H,12-13,15-16,18H2,1-2H3.